The molecule has 1 rings (SSSR count). The van der Waals surface area contributed by atoms with Crippen LogP contribution in [0.15, 0.2) is 18.2 Å². The molecule has 2 heteroatoms. The van der Waals surface area contributed by atoms with Crippen LogP contribution < -0.4 is 4.74 Å². The lowest BCUT2D eigenvalue weighted by Crippen LogP contribution is -1.90. The van der Waals surface area contributed by atoms with Crippen LogP contribution in [0.4, 0.5) is 0 Å². The fraction of sp³-hybridized carbons (Fsp3) is 0.0667. The SMILES string of the molecule is C#CC#CC#CC#CC#CC#CC#CC#CC#CC#CC#COc1ccc(CO)c(C)c1. The van der Waals surface area contributed by atoms with Crippen molar-refractivity contribution in [2.75, 3.05) is 0 Å². The number of aliphatic hydroxyl groups excluding tert-OH is 1. The maximum atomic E-state index is 9.12. The summed E-state index contributed by atoms with van der Waals surface area (Å²) in [6.07, 6.45) is 7.38. The van der Waals surface area contributed by atoms with E-state index >= 15 is 0 Å². The highest BCUT2D eigenvalue weighted by Crippen LogP contribution is 2.16. The molecule has 1 N–H and O–H groups in total. The van der Waals surface area contributed by atoms with Gasteiger partial charge in [-0.25, -0.2) is 0 Å². The average molecular weight is 402 g/mol. The predicted octanol–water partition coefficient (Wildman–Crippen LogP) is 1.49. The van der Waals surface area contributed by atoms with E-state index in [0.717, 1.165) is 11.1 Å². The van der Waals surface area contributed by atoms with Crippen LogP contribution in [-0.4, -0.2) is 5.11 Å². The third kappa shape index (κ3) is 12.5. The van der Waals surface area contributed by atoms with Crippen molar-refractivity contribution in [1.82, 2.24) is 0 Å². The molecule has 0 aliphatic rings. The number of terminal acetylenes is 1. The monoisotopic (exact) mass is 402 g/mol. The van der Waals surface area contributed by atoms with E-state index in [1.165, 1.54) is 0 Å². The number of aryl methyl sites for hydroxylation is 1. The summed E-state index contributed by atoms with van der Waals surface area (Å²) in [5.74, 6) is 49.9. The first kappa shape index (κ1) is 24.2. The van der Waals surface area contributed by atoms with Crippen LogP contribution in [-0.2, 0) is 6.61 Å². The first-order valence-corrected chi connectivity index (χ1v) is 8.60. The van der Waals surface area contributed by atoms with Crippen molar-refractivity contribution in [2.45, 2.75) is 13.5 Å². The number of rotatable bonds is 2. The molecule has 0 aliphatic carbocycles. The molecule has 0 amide bonds. The van der Waals surface area contributed by atoms with Crippen LogP contribution >= 0.6 is 0 Å². The topological polar surface area (TPSA) is 29.5 Å². The Labute approximate surface area is 189 Å². The van der Waals surface area contributed by atoms with Gasteiger partial charge in [-0.1, -0.05) is 6.07 Å². The van der Waals surface area contributed by atoms with Gasteiger partial charge in [0, 0.05) is 71.0 Å². The molecular formula is C30H10O2. The van der Waals surface area contributed by atoms with Crippen LogP contribution in [0.2, 0.25) is 0 Å². The van der Waals surface area contributed by atoms with Crippen LogP contribution in [0.3, 0.4) is 0 Å². The van der Waals surface area contributed by atoms with E-state index < -0.39 is 0 Å². The molecule has 0 saturated heterocycles. The lowest BCUT2D eigenvalue weighted by molar-refractivity contribution is 0.281. The lowest BCUT2D eigenvalue weighted by Gasteiger charge is -2.03. The summed E-state index contributed by atoms with van der Waals surface area (Å²) >= 11 is 0. The van der Waals surface area contributed by atoms with E-state index in [0.29, 0.717) is 5.75 Å². The number of ether oxygens (including phenoxy) is 1. The minimum absolute atomic E-state index is 0.0171. The van der Waals surface area contributed by atoms with Crippen LogP contribution in [0.5, 0.6) is 5.75 Å². The first-order chi connectivity index (χ1) is 15.8. The highest BCUT2D eigenvalue weighted by atomic mass is 16.5. The van der Waals surface area contributed by atoms with Gasteiger partial charge in [0.1, 0.15) is 11.9 Å². The second-order valence-electron chi connectivity index (χ2n) is 4.97. The van der Waals surface area contributed by atoms with E-state index in [2.05, 4.69) is 125 Å². The van der Waals surface area contributed by atoms with Gasteiger partial charge >= 0.3 is 0 Å². The van der Waals surface area contributed by atoms with E-state index in [1.807, 2.05) is 6.92 Å². The highest BCUT2D eigenvalue weighted by Gasteiger charge is 1.98. The lowest BCUT2D eigenvalue weighted by atomic mass is 10.1. The van der Waals surface area contributed by atoms with Crippen LogP contribution in [0.1, 0.15) is 11.1 Å². The summed E-state index contributed by atoms with van der Waals surface area (Å²) in [7, 11) is 0. The molecule has 1 aromatic carbocycles. The smallest absolute Gasteiger partial charge is 0.140 e. The van der Waals surface area contributed by atoms with Crippen LogP contribution in [0, 0.1) is 138 Å². The maximum Gasteiger partial charge on any atom is 0.140 e. The second-order valence-corrected chi connectivity index (χ2v) is 4.97. The van der Waals surface area contributed by atoms with Gasteiger partial charge in [-0.3, -0.25) is 0 Å². The number of aliphatic hydroxyl groups is 1. The summed E-state index contributed by atoms with van der Waals surface area (Å²) in [6.45, 7) is 1.86. The van der Waals surface area contributed by atoms with Gasteiger partial charge in [-0.15, -0.1) is 6.42 Å². The molecule has 0 unspecified atom stereocenters. The molecular weight excluding hydrogens is 392 g/mol. The summed E-state index contributed by atoms with van der Waals surface area (Å²) in [5.41, 5.74) is 1.76. The number of benzene rings is 1. The minimum atomic E-state index is -0.0171. The van der Waals surface area contributed by atoms with Crippen molar-refractivity contribution >= 4 is 0 Å². The van der Waals surface area contributed by atoms with Crippen molar-refractivity contribution in [3.05, 3.63) is 29.3 Å². The summed E-state index contributed by atoms with van der Waals surface area (Å²) in [5, 5.41) is 9.12. The molecule has 32 heavy (non-hydrogen) atoms. The van der Waals surface area contributed by atoms with Crippen molar-refractivity contribution in [3.63, 3.8) is 0 Å². The molecule has 0 aliphatic heterocycles. The fourth-order valence-electron chi connectivity index (χ4n) is 1.59. The van der Waals surface area contributed by atoms with Crippen molar-refractivity contribution < 1.29 is 9.84 Å². The Balaban J connectivity index is 2.44. The molecule has 142 valence electrons. The van der Waals surface area contributed by atoms with Gasteiger partial charge in [-0.2, -0.15) is 0 Å². The fourth-order valence-corrected chi connectivity index (χ4v) is 1.59. The third-order valence-corrected chi connectivity index (χ3v) is 2.90. The van der Waals surface area contributed by atoms with Gasteiger partial charge in [0.2, 0.25) is 0 Å². The Kier molecular flexibility index (Phi) is 13.0. The van der Waals surface area contributed by atoms with Gasteiger partial charge < -0.3 is 9.84 Å². The highest BCUT2D eigenvalue weighted by molar-refractivity contribution is 5.47. The van der Waals surface area contributed by atoms with Gasteiger partial charge in [0.15, 0.2) is 0 Å². The van der Waals surface area contributed by atoms with Crippen molar-refractivity contribution in [3.8, 4) is 137 Å². The largest absolute Gasteiger partial charge is 0.407 e. The van der Waals surface area contributed by atoms with E-state index in [9.17, 15) is 0 Å². The average Bonchev–Trinajstić information content (AvgIpc) is 2.80. The Morgan fingerprint density at radius 1 is 0.656 bits per heavy atom. The molecule has 0 heterocycles. The quantitative estimate of drug-likeness (QED) is 0.760. The number of hydrogen-bond acceptors (Lipinski definition) is 2. The van der Waals surface area contributed by atoms with Gasteiger partial charge in [-0.05, 0) is 77.5 Å². The first-order valence-electron chi connectivity index (χ1n) is 8.60. The Hall–Kier alpha value is -5.86. The van der Waals surface area contributed by atoms with Crippen LogP contribution in [0.25, 0.3) is 0 Å². The summed E-state index contributed by atoms with van der Waals surface area (Å²) in [4.78, 5) is 0. The van der Waals surface area contributed by atoms with E-state index in [-0.39, 0.29) is 6.61 Å². The normalized spacial score (nSPS) is 5.91. The molecule has 0 bridgehead atoms. The zero-order valence-corrected chi connectivity index (χ0v) is 16.9. The Morgan fingerprint density at radius 3 is 1.44 bits per heavy atom. The molecule has 0 aromatic heterocycles. The van der Waals surface area contributed by atoms with Gasteiger partial charge in [0.25, 0.3) is 0 Å². The molecule has 0 fully saturated rings. The van der Waals surface area contributed by atoms with Crippen molar-refractivity contribution in [2.24, 2.45) is 0 Å². The zero-order chi connectivity index (χ0) is 23.1. The Morgan fingerprint density at radius 2 is 1.06 bits per heavy atom. The summed E-state index contributed by atoms with van der Waals surface area (Å²) in [6, 6.07) is 5.28. The molecule has 0 saturated carbocycles. The second kappa shape index (κ2) is 17.3. The van der Waals surface area contributed by atoms with Crippen molar-refractivity contribution in [1.29, 1.82) is 0 Å². The van der Waals surface area contributed by atoms with E-state index in [4.69, 9.17) is 16.3 Å². The predicted molar refractivity (Wildman–Crippen MR) is 124 cm³/mol. The zero-order valence-electron chi connectivity index (χ0n) is 16.9. The minimum Gasteiger partial charge on any atom is -0.407 e. The maximum absolute atomic E-state index is 9.12. The Bertz CT molecular complexity index is 1540. The molecule has 1 aromatic rings. The molecule has 2 nitrogen and oxygen atoms in total. The van der Waals surface area contributed by atoms with E-state index in [1.54, 1.807) is 18.2 Å². The standard InChI is InChI=1S/C30H10O2/c1-3-4-5-6-7-8-9-10-11-12-13-14-15-16-17-18-19-20-21-22-25-32-30-24-23-29(27-31)28(2)26-30/h1,23-24,26,31H,27H2,2H3. The third-order valence-electron chi connectivity index (χ3n) is 2.90. The molecule has 0 atom stereocenters. The summed E-state index contributed by atoms with van der Waals surface area (Å²) < 4.78 is 5.24. The molecule has 0 spiro atoms. The van der Waals surface area contributed by atoms with Gasteiger partial charge in [0.05, 0.1) is 6.61 Å². The number of hydrogen-bond donors (Lipinski definition) is 1. The molecule has 0 radical (unpaired) electrons.